The van der Waals surface area contributed by atoms with Crippen molar-refractivity contribution in [3.63, 3.8) is 0 Å². The molecule has 2 saturated heterocycles. The summed E-state index contributed by atoms with van der Waals surface area (Å²) in [6, 6.07) is 19.4. The maximum absolute atomic E-state index is 13.7. The lowest BCUT2D eigenvalue weighted by molar-refractivity contribution is -0.152. The van der Waals surface area contributed by atoms with Crippen LogP contribution in [0.5, 0.6) is 5.75 Å². The number of carbonyl (C=O) groups is 3. The van der Waals surface area contributed by atoms with Gasteiger partial charge in [-0.2, -0.15) is 0 Å². The number of nitrogens with zero attached hydrogens (tertiary/aromatic N) is 1. The number of benzene rings is 3. The quantitative estimate of drug-likeness (QED) is 0.507. The van der Waals surface area contributed by atoms with Crippen LogP contribution in [-0.4, -0.2) is 41.4 Å². The van der Waals surface area contributed by atoms with Gasteiger partial charge in [0.05, 0.1) is 18.9 Å². The second-order valence-corrected chi connectivity index (χ2v) is 9.19. The molecule has 7 nitrogen and oxygen atoms in total. The van der Waals surface area contributed by atoms with Gasteiger partial charge in [0.25, 0.3) is 0 Å². The molecule has 180 valence electrons. The number of rotatable bonds is 7. The predicted octanol–water partition coefficient (Wildman–Crippen LogP) is 3.87. The van der Waals surface area contributed by atoms with Gasteiger partial charge in [-0.1, -0.05) is 74.0 Å². The summed E-state index contributed by atoms with van der Waals surface area (Å²) in [6.07, 6.45) is 1.49. The van der Waals surface area contributed by atoms with E-state index in [1.165, 1.54) is 4.90 Å². The van der Waals surface area contributed by atoms with E-state index >= 15 is 0 Å². The number of ether oxygens (including phenoxy) is 1. The second-order valence-electron chi connectivity index (χ2n) is 9.19. The summed E-state index contributed by atoms with van der Waals surface area (Å²) >= 11 is 0. The molecule has 3 aromatic carbocycles. The molecule has 0 spiro atoms. The summed E-state index contributed by atoms with van der Waals surface area (Å²) in [5, 5.41) is 15.6. The van der Waals surface area contributed by atoms with Gasteiger partial charge in [-0.25, -0.2) is 4.79 Å². The fourth-order valence-corrected chi connectivity index (χ4v) is 5.80. The number of carboxylic acid groups (broad SMARTS) is 1. The Morgan fingerprint density at radius 2 is 1.69 bits per heavy atom. The third-order valence-electron chi connectivity index (χ3n) is 7.43. The fourth-order valence-electron chi connectivity index (χ4n) is 5.80. The van der Waals surface area contributed by atoms with E-state index in [1.807, 2.05) is 43.3 Å². The van der Waals surface area contributed by atoms with Crippen molar-refractivity contribution in [3.8, 4) is 5.75 Å². The van der Waals surface area contributed by atoms with E-state index in [0.717, 1.165) is 22.8 Å². The normalized spacial score (nSPS) is 25.8. The van der Waals surface area contributed by atoms with Crippen molar-refractivity contribution in [1.82, 2.24) is 10.2 Å². The van der Waals surface area contributed by atoms with E-state index < -0.39 is 35.3 Å². The minimum atomic E-state index is -1.73. The van der Waals surface area contributed by atoms with Crippen LogP contribution >= 0.6 is 0 Å². The van der Waals surface area contributed by atoms with Crippen LogP contribution in [0.2, 0.25) is 0 Å². The molecule has 2 aliphatic heterocycles. The summed E-state index contributed by atoms with van der Waals surface area (Å²) in [6.45, 7) is 2.28. The topological polar surface area (TPSA) is 95.9 Å². The molecule has 35 heavy (non-hydrogen) atoms. The number of amides is 2. The van der Waals surface area contributed by atoms with Gasteiger partial charge in [-0.15, -0.1) is 0 Å². The number of aliphatic carboxylic acids is 1. The number of unbranched alkanes of at least 4 members (excludes halogenated alkanes) is 1. The first-order valence-electron chi connectivity index (χ1n) is 11.9. The Hall–Kier alpha value is -3.71. The van der Waals surface area contributed by atoms with Gasteiger partial charge in [0.1, 0.15) is 5.75 Å². The third-order valence-corrected chi connectivity index (χ3v) is 7.43. The zero-order valence-corrected chi connectivity index (χ0v) is 19.7. The van der Waals surface area contributed by atoms with Crippen molar-refractivity contribution in [1.29, 1.82) is 0 Å². The van der Waals surface area contributed by atoms with Crippen molar-refractivity contribution in [2.45, 2.75) is 31.3 Å². The SMILES string of the molecule is CCCCN1C(=O)C2C(c3ccc(OC)c4ccccc34)NC(C(=O)O)(c3ccccc3)C2C1=O. The summed E-state index contributed by atoms with van der Waals surface area (Å²) in [5.74, 6) is -3.12. The van der Waals surface area contributed by atoms with E-state index in [2.05, 4.69) is 5.32 Å². The molecule has 5 rings (SSSR count). The highest BCUT2D eigenvalue weighted by Crippen LogP contribution is 2.54. The lowest BCUT2D eigenvalue weighted by atomic mass is 9.75. The van der Waals surface area contributed by atoms with Gasteiger partial charge < -0.3 is 9.84 Å². The van der Waals surface area contributed by atoms with Crippen molar-refractivity contribution in [3.05, 3.63) is 77.9 Å². The van der Waals surface area contributed by atoms with Crippen LogP contribution in [0.1, 0.15) is 36.9 Å². The number of methoxy groups -OCH3 is 1. The average Bonchev–Trinajstić information content (AvgIpc) is 3.37. The van der Waals surface area contributed by atoms with Gasteiger partial charge in [0.2, 0.25) is 11.8 Å². The predicted molar refractivity (Wildman–Crippen MR) is 131 cm³/mol. The first-order valence-corrected chi connectivity index (χ1v) is 11.9. The number of hydrogen-bond acceptors (Lipinski definition) is 5. The first-order chi connectivity index (χ1) is 17.0. The Balaban J connectivity index is 1.74. The maximum Gasteiger partial charge on any atom is 0.329 e. The van der Waals surface area contributed by atoms with Crippen molar-refractivity contribution >= 4 is 28.6 Å². The van der Waals surface area contributed by atoms with Gasteiger partial charge in [0.15, 0.2) is 5.54 Å². The fraction of sp³-hybridized carbons (Fsp3) is 0.321. The Labute approximate surface area is 203 Å². The second kappa shape index (κ2) is 8.82. The molecule has 2 aliphatic rings. The molecule has 0 aliphatic carbocycles. The van der Waals surface area contributed by atoms with E-state index in [-0.39, 0.29) is 5.91 Å². The first kappa shape index (κ1) is 23.1. The monoisotopic (exact) mass is 472 g/mol. The van der Waals surface area contributed by atoms with Crippen LogP contribution in [0.15, 0.2) is 66.7 Å². The standard InChI is InChI=1S/C28H28N2O5/c1-3-4-16-30-25(31)22-23(26(30)32)28(27(33)34,17-10-6-5-7-11-17)29-24(22)20-14-15-21(35-2)19-13-9-8-12-18(19)20/h5-15,22-24,29H,3-4,16H2,1-2H3,(H,33,34). The third kappa shape index (κ3) is 3.33. The molecule has 0 saturated carbocycles. The highest BCUT2D eigenvalue weighted by molar-refractivity contribution is 6.10. The summed E-state index contributed by atoms with van der Waals surface area (Å²) in [4.78, 5) is 41.7. The molecule has 3 aromatic rings. The van der Waals surface area contributed by atoms with E-state index in [0.29, 0.717) is 24.3 Å². The van der Waals surface area contributed by atoms with E-state index in [9.17, 15) is 19.5 Å². The average molecular weight is 473 g/mol. The van der Waals surface area contributed by atoms with Gasteiger partial charge in [0, 0.05) is 18.0 Å². The zero-order valence-electron chi connectivity index (χ0n) is 19.7. The van der Waals surface area contributed by atoms with E-state index in [4.69, 9.17) is 4.74 Å². The summed E-state index contributed by atoms with van der Waals surface area (Å²) in [7, 11) is 1.60. The molecule has 2 N–H and O–H groups in total. The molecule has 4 unspecified atom stereocenters. The largest absolute Gasteiger partial charge is 0.496 e. The smallest absolute Gasteiger partial charge is 0.329 e. The highest BCUT2D eigenvalue weighted by atomic mass is 16.5. The molecule has 0 radical (unpaired) electrons. The van der Waals surface area contributed by atoms with Gasteiger partial charge in [-0.05, 0) is 29.0 Å². The molecule has 4 atom stereocenters. The molecular weight excluding hydrogens is 444 g/mol. The number of likely N-dealkylation sites (tertiary alicyclic amines) is 1. The van der Waals surface area contributed by atoms with Gasteiger partial charge in [-0.3, -0.25) is 19.8 Å². The number of imide groups is 1. The number of carbonyl (C=O) groups excluding carboxylic acids is 2. The van der Waals surface area contributed by atoms with Crippen molar-refractivity contribution < 1.29 is 24.2 Å². The Kier molecular flexibility index (Phi) is 5.81. The molecular formula is C28H28N2O5. The molecule has 2 fully saturated rings. The Bertz CT molecular complexity index is 1310. The van der Waals surface area contributed by atoms with Crippen LogP contribution in [-0.2, 0) is 19.9 Å². The molecule has 2 heterocycles. The molecule has 0 aromatic heterocycles. The number of hydrogen-bond donors (Lipinski definition) is 2. The van der Waals surface area contributed by atoms with Crippen LogP contribution < -0.4 is 10.1 Å². The number of nitrogens with one attached hydrogen (secondary N) is 1. The Morgan fingerprint density at radius 3 is 2.34 bits per heavy atom. The molecule has 7 heteroatoms. The maximum atomic E-state index is 13.7. The van der Waals surface area contributed by atoms with Crippen LogP contribution in [0, 0.1) is 11.8 Å². The zero-order chi connectivity index (χ0) is 24.7. The number of carboxylic acids is 1. The van der Waals surface area contributed by atoms with Crippen molar-refractivity contribution in [2.24, 2.45) is 11.8 Å². The summed E-state index contributed by atoms with van der Waals surface area (Å²) in [5.41, 5.74) is -0.499. The summed E-state index contributed by atoms with van der Waals surface area (Å²) < 4.78 is 5.54. The van der Waals surface area contributed by atoms with Crippen LogP contribution in [0.3, 0.4) is 0 Å². The van der Waals surface area contributed by atoms with Gasteiger partial charge >= 0.3 is 5.97 Å². The lowest BCUT2D eigenvalue weighted by Gasteiger charge is -2.32. The van der Waals surface area contributed by atoms with Crippen LogP contribution in [0.25, 0.3) is 10.8 Å². The van der Waals surface area contributed by atoms with Crippen LogP contribution in [0.4, 0.5) is 0 Å². The molecule has 2 amide bonds. The Morgan fingerprint density at radius 1 is 1.00 bits per heavy atom. The lowest BCUT2D eigenvalue weighted by Crippen LogP contribution is -2.53. The minimum absolute atomic E-state index is 0.293. The molecule has 0 bridgehead atoms. The highest BCUT2D eigenvalue weighted by Gasteiger charge is 2.69. The van der Waals surface area contributed by atoms with Crippen molar-refractivity contribution in [2.75, 3.05) is 13.7 Å². The van der Waals surface area contributed by atoms with E-state index in [1.54, 1.807) is 37.4 Å². The number of fused-ring (bicyclic) bond motifs is 2. The minimum Gasteiger partial charge on any atom is -0.496 e.